The molecule has 0 saturated heterocycles. The highest BCUT2D eigenvalue weighted by atomic mass is 32.2. The van der Waals surface area contributed by atoms with Gasteiger partial charge in [-0.25, -0.2) is 22.9 Å². The van der Waals surface area contributed by atoms with Gasteiger partial charge in [0.2, 0.25) is 0 Å². The Labute approximate surface area is 102 Å². The zero-order valence-corrected chi connectivity index (χ0v) is 10.7. The van der Waals surface area contributed by atoms with Gasteiger partial charge in [0.15, 0.2) is 9.90 Å². The average molecular weight is 280 g/mol. The minimum Gasteiger partial charge on any atom is -0.476 e. The summed E-state index contributed by atoms with van der Waals surface area (Å²) in [6.45, 7) is 0.615. The van der Waals surface area contributed by atoms with Crippen LogP contribution in [0.3, 0.4) is 0 Å². The Kier molecular flexibility index (Phi) is 5.00. The second-order valence-corrected chi connectivity index (χ2v) is 5.85. The molecule has 17 heavy (non-hydrogen) atoms. The standard InChI is InChI=1S/C8H12N2O5S2/c1-15-4-2-3-10-17(13,14)8-6(7(11)12)9-5-16-8/h5,10H,2-4H2,1H3,(H,11,12). The average Bonchev–Trinajstić information content (AvgIpc) is 2.74. The Morgan fingerprint density at radius 2 is 2.35 bits per heavy atom. The first-order valence-corrected chi connectivity index (χ1v) is 7.00. The summed E-state index contributed by atoms with van der Waals surface area (Å²) in [4.78, 5) is 14.2. The van der Waals surface area contributed by atoms with Gasteiger partial charge in [0.1, 0.15) is 0 Å². The molecule has 1 aromatic rings. The van der Waals surface area contributed by atoms with Gasteiger partial charge in [-0.15, -0.1) is 11.3 Å². The maximum atomic E-state index is 11.7. The Bertz CT molecular complexity index is 482. The number of carboxylic acids is 1. The van der Waals surface area contributed by atoms with Gasteiger partial charge in [0.05, 0.1) is 5.51 Å². The van der Waals surface area contributed by atoms with Gasteiger partial charge in [0.25, 0.3) is 10.0 Å². The fourth-order valence-electron chi connectivity index (χ4n) is 1.06. The van der Waals surface area contributed by atoms with Crippen molar-refractivity contribution in [3.63, 3.8) is 0 Å². The molecule has 0 fully saturated rings. The number of sulfonamides is 1. The van der Waals surface area contributed by atoms with E-state index < -0.39 is 21.7 Å². The molecule has 1 rings (SSSR count). The first-order chi connectivity index (χ1) is 7.99. The molecule has 1 aromatic heterocycles. The lowest BCUT2D eigenvalue weighted by Crippen LogP contribution is -2.26. The van der Waals surface area contributed by atoms with E-state index >= 15 is 0 Å². The van der Waals surface area contributed by atoms with Crippen molar-refractivity contribution in [1.82, 2.24) is 9.71 Å². The highest BCUT2D eigenvalue weighted by Crippen LogP contribution is 2.19. The van der Waals surface area contributed by atoms with Crippen molar-refractivity contribution in [2.45, 2.75) is 10.6 Å². The lowest BCUT2D eigenvalue weighted by molar-refractivity contribution is 0.0687. The van der Waals surface area contributed by atoms with Crippen molar-refractivity contribution >= 4 is 27.3 Å². The topological polar surface area (TPSA) is 106 Å². The summed E-state index contributed by atoms with van der Waals surface area (Å²) < 4.78 is 30.3. The normalized spacial score (nSPS) is 11.6. The number of thiazole rings is 1. The van der Waals surface area contributed by atoms with E-state index in [1.54, 1.807) is 0 Å². The SMILES string of the molecule is COCCCNS(=O)(=O)c1scnc1C(=O)O. The number of nitrogens with one attached hydrogen (secondary N) is 1. The monoisotopic (exact) mass is 280 g/mol. The van der Waals surface area contributed by atoms with Crippen LogP contribution >= 0.6 is 11.3 Å². The van der Waals surface area contributed by atoms with Gasteiger partial charge in [-0.2, -0.15) is 0 Å². The number of hydrogen-bond donors (Lipinski definition) is 2. The summed E-state index contributed by atoms with van der Waals surface area (Å²) in [5.74, 6) is -1.36. The number of hydrogen-bond acceptors (Lipinski definition) is 6. The van der Waals surface area contributed by atoms with Crippen molar-refractivity contribution in [3.05, 3.63) is 11.2 Å². The summed E-state index contributed by atoms with van der Waals surface area (Å²) in [6, 6.07) is 0. The van der Waals surface area contributed by atoms with Crippen LogP contribution in [0, 0.1) is 0 Å². The van der Waals surface area contributed by atoms with E-state index in [1.807, 2.05) is 0 Å². The number of ether oxygens (including phenoxy) is 1. The zero-order chi connectivity index (χ0) is 12.9. The Morgan fingerprint density at radius 1 is 1.65 bits per heavy atom. The summed E-state index contributed by atoms with van der Waals surface area (Å²) in [5.41, 5.74) is 0.738. The number of rotatable bonds is 7. The third kappa shape index (κ3) is 3.73. The number of aromatic carboxylic acids is 1. The van der Waals surface area contributed by atoms with Gasteiger partial charge in [-0.3, -0.25) is 0 Å². The molecule has 96 valence electrons. The second-order valence-electron chi connectivity index (χ2n) is 3.04. The van der Waals surface area contributed by atoms with Gasteiger partial charge >= 0.3 is 5.97 Å². The van der Waals surface area contributed by atoms with E-state index in [2.05, 4.69) is 9.71 Å². The molecule has 0 atom stereocenters. The molecular formula is C8H12N2O5S2. The minimum atomic E-state index is -3.80. The van der Waals surface area contributed by atoms with Gasteiger partial charge in [-0.1, -0.05) is 0 Å². The summed E-state index contributed by atoms with van der Waals surface area (Å²) in [6.07, 6.45) is 0.511. The minimum absolute atomic E-state index is 0.188. The Balaban J connectivity index is 2.76. The van der Waals surface area contributed by atoms with Crippen molar-refractivity contribution in [1.29, 1.82) is 0 Å². The smallest absolute Gasteiger partial charge is 0.356 e. The molecule has 0 amide bonds. The third-order valence-corrected chi connectivity index (χ3v) is 4.63. The summed E-state index contributed by atoms with van der Waals surface area (Å²) in [7, 11) is -2.29. The van der Waals surface area contributed by atoms with Crippen LogP contribution in [-0.2, 0) is 14.8 Å². The molecule has 0 saturated carbocycles. The van der Waals surface area contributed by atoms with E-state index in [4.69, 9.17) is 9.84 Å². The van der Waals surface area contributed by atoms with Crippen LogP contribution in [0.25, 0.3) is 0 Å². The van der Waals surface area contributed by atoms with Crippen LogP contribution in [0.2, 0.25) is 0 Å². The van der Waals surface area contributed by atoms with Crippen LogP contribution in [-0.4, -0.2) is 44.7 Å². The molecule has 0 spiro atoms. The van der Waals surface area contributed by atoms with E-state index in [9.17, 15) is 13.2 Å². The predicted molar refractivity (Wildman–Crippen MR) is 60.8 cm³/mol. The molecule has 2 N–H and O–H groups in total. The maximum absolute atomic E-state index is 11.7. The van der Waals surface area contributed by atoms with Gasteiger partial charge in [0, 0.05) is 20.3 Å². The van der Waals surface area contributed by atoms with Crippen molar-refractivity contribution in [2.75, 3.05) is 20.3 Å². The molecular weight excluding hydrogens is 268 g/mol. The fourth-order valence-corrected chi connectivity index (χ4v) is 3.31. The number of carboxylic acid groups (broad SMARTS) is 1. The van der Waals surface area contributed by atoms with Gasteiger partial charge in [-0.05, 0) is 6.42 Å². The predicted octanol–water partition coefficient (Wildman–Crippen LogP) is 0.156. The number of methoxy groups -OCH3 is 1. The lowest BCUT2D eigenvalue weighted by Gasteiger charge is -2.04. The molecule has 0 aliphatic heterocycles. The van der Waals surface area contributed by atoms with E-state index in [1.165, 1.54) is 12.6 Å². The second kappa shape index (κ2) is 6.05. The van der Waals surface area contributed by atoms with Crippen LogP contribution < -0.4 is 4.72 Å². The van der Waals surface area contributed by atoms with Crippen molar-refractivity contribution in [2.24, 2.45) is 0 Å². The molecule has 7 nitrogen and oxygen atoms in total. The fraction of sp³-hybridized carbons (Fsp3) is 0.500. The quantitative estimate of drug-likeness (QED) is 0.689. The highest BCUT2D eigenvalue weighted by Gasteiger charge is 2.24. The highest BCUT2D eigenvalue weighted by molar-refractivity contribution is 7.91. The number of aromatic nitrogens is 1. The molecule has 0 aliphatic rings. The molecule has 0 aliphatic carbocycles. The van der Waals surface area contributed by atoms with Crippen LogP contribution in [0.15, 0.2) is 9.72 Å². The van der Waals surface area contributed by atoms with Crippen molar-refractivity contribution in [3.8, 4) is 0 Å². The van der Waals surface area contributed by atoms with Crippen LogP contribution in [0.4, 0.5) is 0 Å². The molecule has 9 heteroatoms. The molecule has 0 bridgehead atoms. The summed E-state index contributed by atoms with van der Waals surface area (Å²) >= 11 is 0.775. The Morgan fingerprint density at radius 3 is 2.94 bits per heavy atom. The summed E-state index contributed by atoms with van der Waals surface area (Å²) in [5, 5.41) is 8.76. The first-order valence-electron chi connectivity index (χ1n) is 4.64. The number of nitrogens with zero attached hydrogens (tertiary/aromatic N) is 1. The van der Waals surface area contributed by atoms with E-state index in [-0.39, 0.29) is 10.8 Å². The van der Waals surface area contributed by atoms with Crippen LogP contribution in [0.5, 0.6) is 0 Å². The van der Waals surface area contributed by atoms with Gasteiger partial charge < -0.3 is 9.84 Å². The first kappa shape index (κ1) is 14.0. The molecule has 0 radical (unpaired) electrons. The largest absolute Gasteiger partial charge is 0.476 e. The molecule has 0 unspecified atom stereocenters. The zero-order valence-electron chi connectivity index (χ0n) is 9.04. The third-order valence-electron chi connectivity index (χ3n) is 1.80. The van der Waals surface area contributed by atoms with Crippen molar-refractivity contribution < 1.29 is 23.1 Å². The maximum Gasteiger partial charge on any atom is 0.356 e. The Hall–Kier alpha value is -1.03. The van der Waals surface area contributed by atoms with E-state index in [0.717, 1.165) is 11.3 Å². The molecule has 1 heterocycles. The van der Waals surface area contributed by atoms with E-state index in [0.29, 0.717) is 13.0 Å². The lowest BCUT2D eigenvalue weighted by atomic mass is 10.5. The molecule has 0 aromatic carbocycles. The van der Waals surface area contributed by atoms with Crippen LogP contribution in [0.1, 0.15) is 16.9 Å². The number of carbonyl (C=O) groups is 1.